The summed E-state index contributed by atoms with van der Waals surface area (Å²) in [7, 11) is -0.284. The lowest BCUT2D eigenvalue weighted by molar-refractivity contribution is -0.149. The Morgan fingerprint density at radius 2 is 1.32 bits per heavy atom. The standard InChI is InChI=1S/C31H38N2O3S3.CH4O3S/c1-37-18-17-28(32)23-39-38-22-27(19-24-11-5-2-6-12-24)30(34)33-29(20-25-13-7-3-8-14-25)31(35)36-21-26-15-9-4-10-16-26;1-5(2,3)4/h2-16,27-29H,17-23,32H2,1H3,(H,33,34);1H3,(H,2,3,4)/t27?,28-,29-;/m0./s1. The smallest absolute Gasteiger partial charge is 0.329 e. The van der Waals surface area contributed by atoms with Crippen LogP contribution in [0.25, 0.3) is 0 Å². The third-order valence-corrected chi connectivity index (χ3v) is 9.36. The molecule has 44 heavy (non-hydrogen) atoms. The number of hydrogen-bond acceptors (Lipinski definition) is 9. The van der Waals surface area contributed by atoms with E-state index in [0.29, 0.717) is 24.9 Å². The highest BCUT2D eigenvalue weighted by molar-refractivity contribution is 8.76. The first-order valence-electron chi connectivity index (χ1n) is 14.0. The van der Waals surface area contributed by atoms with Gasteiger partial charge < -0.3 is 15.8 Å². The van der Waals surface area contributed by atoms with Crippen LogP contribution >= 0.6 is 33.3 Å². The average molecular weight is 679 g/mol. The van der Waals surface area contributed by atoms with E-state index in [0.717, 1.165) is 34.6 Å². The Morgan fingerprint density at radius 1 is 0.841 bits per heavy atom. The summed E-state index contributed by atoms with van der Waals surface area (Å²) in [6, 6.07) is 28.6. The second-order valence-electron chi connectivity index (χ2n) is 10.1. The first kappa shape index (κ1) is 37.7. The monoisotopic (exact) mass is 678 g/mol. The lowest BCUT2D eigenvalue weighted by atomic mass is 9.99. The van der Waals surface area contributed by atoms with E-state index in [2.05, 4.69) is 11.6 Å². The molecule has 240 valence electrons. The van der Waals surface area contributed by atoms with E-state index < -0.39 is 22.1 Å². The average Bonchev–Trinajstić information content (AvgIpc) is 3.00. The molecule has 3 aromatic rings. The lowest BCUT2D eigenvalue weighted by Crippen LogP contribution is -2.46. The van der Waals surface area contributed by atoms with Crippen LogP contribution in [0.4, 0.5) is 0 Å². The van der Waals surface area contributed by atoms with Crippen LogP contribution in [0.15, 0.2) is 91.0 Å². The number of nitrogens with two attached hydrogens (primary N) is 1. The van der Waals surface area contributed by atoms with Gasteiger partial charge in [0.1, 0.15) is 12.6 Å². The SMILES string of the molecule is CS(=O)(=O)O.CSCC[C@H](N)CSSCC(Cc1ccccc1)C(=O)N[C@@H](Cc1ccccc1)C(=O)OCc1ccccc1. The Hall–Kier alpha value is -2.48. The van der Waals surface area contributed by atoms with Crippen LogP contribution in [0, 0.1) is 5.92 Å². The summed E-state index contributed by atoms with van der Waals surface area (Å²) < 4.78 is 31.5. The molecule has 1 amide bonds. The summed E-state index contributed by atoms with van der Waals surface area (Å²) in [5, 5.41) is 3.04. The normalized spacial score (nSPS) is 13.1. The van der Waals surface area contributed by atoms with Gasteiger partial charge in [-0.3, -0.25) is 9.35 Å². The van der Waals surface area contributed by atoms with Gasteiger partial charge in [0.05, 0.1) is 12.2 Å². The Bertz CT molecular complexity index is 1320. The van der Waals surface area contributed by atoms with Crippen molar-refractivity contribution in [2.75, 3.05) is 29.8 Å². The van der Waals surface area contributed by atoms with E-state index in [1.54, 1.807) is 33.3 Å². The van der Waals surface area contributed by atoms with Crippen LogP contribution in [0.5, 0.6) is 0 Å². The van der Waals surface area contributed by atoms with Gasteiger partial charge in [-0.2, -0.15) is 20.2 Å². The molecule has 0 radical (unpaired) electrons. The number of benzene rings is 3. The Morgan fingerprint density at radius 3 is 1.84 bits per heavy atom. The van der Waals surface area contributed by atoms with Crippen molar-refractivity contribution in [1.29, 1.82) is 0 Å². The fourth-order valence-corrected chi connectivity index (χ4v) is 7.01. The van der Waals surface area contributed by atoms with Crippen molar-refractivity contribution in [3.8, 4) is 0 Å². The second kappa shape index (κ2) is 21.3. The highest BCUT2D eigenvalue weighted by Gasteiger charge is 2.27. The third kappa shape index (κ3) is 17.7. The van der Waals surface area contributed by atoms with Crippen LogP contribution in [0.3, 0.4) is 0 Å². The van der Waals surface area contributed by atoms with Crippen molar-refractivity contribution in [3.05, 3.63) is 108 Å². The highest BCUT2D eigenvalue weighted by atomic mass is 33.1. The summed E-state index contributed by atoms with van der Waals surface area (Å²) in [6.45, 7) is 0.164. The Balaban J connectivity index is 0.00000125. The molecule has 3 aromatic carbocycles. The highest BCUT2D eigenvalue weighted by Crippen LogP contribution is 2.27. The van der Waals surface area contributed by atoms with E-state index >= 15 is 0 Å². The van der Waals surface area contributed by atoms with E-state index in [-0.39, 0.29) is 24.5 Å². The van der Waals surface area contributed by atoms with Gasteiger partial charge in [0.25, 0.3) is 10.1 Å². The maximum Gasteiger partial charge on any atom is 0.329 e. The predicted octanol–water partition coefficient (Wildman–Crippen LogP) is 5.28. The number of thioether (sulfide) groups is 1. The van der Waals surface area contributed by atoms with Crippen molar-refractivity contribution in [3.63, 3.8) is 0 Å². The second-order valence-corrected chi connectivity index (χ2v) is 15.1. The summed E-state index contributed by atoms with van der Waals surface area (Å²) in [5.41, 5.74) is 9.18. The molecule has 0 saturated heterocycles. The molecule has 3 atom stereocenters. The maximum atomic E-state index is 13.6. The van der Waals surface area contributed by atoms with Gasteiger partial charge in [-0.05, 0) is 41.5 Å². The number of hydrogen-bond donors (Lipinski definition) is 3. The first-order chi connectivity index (χ1) is 21.0. The third-order valence-electron chi connectivity index (χ3n) is 6.13. The van der Waals surface area contributed by atoms with Gasteiger partial charge in [-0.15, -0.1) is 0 Å². The number of esters is 1. The molecule has 0 saturated carbocycles. The minimum Gasteiger partial charge on any atom is -0.459 e. The van der Waals surface area contributed by atoms with E-state index in [9.17, 15) is 18.0 Å². The van der Waals surface area contributed by atoms with Gasteiger partial charge >= 0.3 is 5.97 Å². The van der Waals surface area contributed by atoms with Crippen molar-refractivity contribution in [1.82, 2.24) is 5.32 Å². The molecule has 0 spiro atoms. The van der Waals surface area contributed by atoms with Crippen molar-refractivity contribution in [2.24, 2.45) is 11.7 Å². The van der Waals surface area contributed by atoms with Crippen molar-refractivity contribution < 1.29 is 27.3 Å². The molecular weight excluding hydrogens is 637 g/mol. The molecule has 1 unspecified atom stereocenters. The molecular formula is C32H42N2O6S4. The number of nitrogens with one attached hydrogen (secondary N) is 1. The summed E-state index contributed by atoms with van der Waals surface area (Å²) in [6.07, 6.45) is 4.74. The number of carbonyl (C=O) groups excluding carboxylic acids is 2. The zero-order chi connectivity index (χ0) is 32.2. The lowest BCUT2D eigenvalue weighted by Gasteiger charge is -2.22. The zero-order valence-corrected chi connectivity index (χ0v) is 28.3. The molecule has 8 nitrogen and oxygen atoms in total. The van der Waals surface area contributed by atoms with Gasteiger partial charge in [-0.25, -0.2) is 4.79 Å². The van der Waals surface area contributed by atoms with Gasteiger partial charge in [0.2, 0.25) is 5.91 Å². The number of ether oxygens (including phenoxy) is 1. The Kier molecular flexibility index (Phi) is 18.2. The molecule has 0 aliphatic carbocycles. The summed E-state index contributed by atoms with van der Waals surface area (Å²) in [4.78, 5) is 26.8. The van der Waals surface area contributed by atoms with Crippen LogP contribution in [-0.2, 0) is 43.9 Å². The maximum absolute atomic E-state index is 13.6. The molecule has 0 fully saturated rings. The molecule has 4 N–H and O–H groups in total. The molecule has 0 bridgehead atoms. The first-order valence-corrected chi connectivity index (χ1v) is 19.8. The Labute approximate surface area is 273 Å². The van der Waals surface area contributed by atoms with Crippen LogP contribution in [0.1, 0.15) is 23.1 Å². The van der Waals surface area contributed by atoms with E-state index in [4.69, 9.17) is 15.0 Å². The quantitative estimate of drug-likeness (QED) is 0.0749. The molecule has 0 heterocycles. The summed E-state index contributed by atoms with van der Waals surface area (Å²) >= 11 is 1.80. The number of carbonyl (C=O) groups is 2. The van der Waals surface area contributed by atoms with E-state index in [1.807, 2.05) is 91.0 Å². The zero-order valence-electron chi connectivity index (χ0n) is 25.0. The molecule has 0 aliphatic heterocycles. The fourth-order valence-electron chi connectivity index (χ4n) is 3.91. The minimum atomic E-state index is -3.67. The fraction of sp³-hybridized carbons (Fsp3) is 0.375. The summed E-state index contributed by atoms with van der Waals surface area (Å²) in [5.74, 6) is 1.64. The van der Waals surface area contributed by atoms with Crippen molar-refractivity contribution >= 4 is 55.3 Å². The molecule has 12 heteroatoms. The van der Waals surface area contributed by atoms with Gasteiger partial charge in [-0.1, -0.05) is 113 Å². The molecule has 3 rings (SSSR count). The molecule has 0 aliphatic rings. The van der Waals surface area contributed by atoms with E-state index in [1.165, 1.54) is 0 Å². The predicted molar refractivity (Wildman–Crippen MR) is 185 cm³/mol. The van der Waals surface area contributed by atoms with Gasteiger partial charge in [0.15, 0.2) is 0 Å². The van der Waals surface area contributed by atoms with Crippen LogP contribution in [0.2, 0.25) is 0 Å². The number of rotatable bonds is 17. The topological polar surface area (TPSA) is 136 Å². The van der Waals surface area contributed by atoms with Crippen molar-refractivity contribution in [2.45, 2.75) is 38.0 Å². The number of amides is 1. The largest absolute Gasteiger partial charge is 0.459 e. The molecule has 0 aromatic heterocycles. The minimum absolute atomic E-state index is 0.142. The van der Waals surface area contributed by atoms with Crippen LogP contribution < -0.4 is 11.1 Å². The van der Waals surface area contributed by atoms with Crippen LogP contribution in [-0.4, -0.2) is 66.7 Å². The van der Waals surface area contributed by atoms with Gasteiger partial charge in [0, 0.05) is 24.0 Å².